The summed E-state index contributed by atoms with van der Waals surface area (Å²) < 4.78 is 0. The molecule has 21 heavy (non-hydrogen) atoms. The van der Waals surface area contributed by atoms with E-state index in [0.29, 0.717) is 30.1 Å². The van der Waals surface area contributed by atoms with Gasteiger partial charge >= 0.3 is 5.70 Å². The van der Waals surface area contributed by atoms with Crippen molar-refractivity contribution in [3.8, 4) is 0 Å². The van der Waals surface area contributed by atoms with Gasteiger partial charge in [0.25, 0.3) is 5.69 Å². The molecular formula is C13H10N4O4. The monoisotopic (exact) mass is 286 g/mol. The van der Waals surface area contributed by atoms with Gasteiger partial charge in [0.05, 0.1) is 22.0 Å². The second-order valence-corrected chi connectivity index (χ2v) is 4.54. The molecule has 0 unspecified atom stereocenters. The third kappa shape index (κ3) is 2.16. The highest BCUT2D eigenvalue weighted by Crippen LogP contribution is 2.29. The van der Waals surface area contributed by atoms with E-state index in [0.717, 1.165) is 0 Å². The van der Waals surface area contributed by atoms with Gasteiger partial charge in [-0.1, -0.05) is 0 Å². The highest BCUT2D eigenvalue weighted by molar-refractivity contribution is 6.07. The standard InChI is InChI=1S/C13H10N4O4/c18-16(19)10-3-1-9(2-4-10)11-5-7-15-8-6-14-13(15)12(11)17(20)21/h1-5,7H,6,8H2. The molecule has 0 aliphatic carbocycles. The number of nitro groups is 2. The highest BCUT2D eigenvalue weighted by atomic mass is 16.6. The zero-order valence-electron chi connectivity index (χ0n) is 10.8. The molecule has 2 aliphatic rings. The van der Waals surface area contributed by atoms with Crippen LogP contribution in [0.4, 0.5) is 5.69 Å². The lowest BCUT2D eigenvalue weighted by Crippen LogP contribution is -2.29. The van der Waals surface area contributed by atoms with E-state index in [4.69, 9.17) is 0 Å². The molecule has 1 aromatic carbocycles. The van der Waals surface area contributed by atoms with Crippen LogP contribution in [-0.2, 0) is 0 Å². The lowest BCUT2D eigenvalue weighted by atomic mass is 10.0. The summed E-state index contributed by atoms with van der Waals surface area (Å²) in [5, 5.41) is 22.0. The van der Waals surface area contributed by atoms with Crippen LogP contribution in [0, 0.1) is 20.2 Å². The van der Waals surface area contributed by atoms with Crippen LogP contribution in [0.2, 0.25) is 0 Å². The Labute approximate surface area is 119 Å². The summed E-state index contributed by atoms with van der Waals surface area (Å²) in [5.41, 5.74) is 0.843. The fourth-order valence-electron chi connectivity index (χ4n) is 2.36. The Hall–Kier alpha value is -3.03. The lowest BCUT2D eigenvalue weighted by Gasteiger charge is -2.19. The van der Waals surface area contributed by atoms with Crippen LogP contribution in [0.1, 0.15) is 5.56 Å². The quantitative estimate of drug-likeness (QED) is 0.623. The van der Waals surface area contributed by atoms with Gasteiger partial charge in [0, 0.05) is 24.9 Å². The number of hydrogen-bond donors (Lipinski definition) is 0. The van der Waals surface area contributed by atoms with Crippen LogP contribution in [-0.4, -0.2) is 33.7 Å². The normalized spacial score (nSPS) is 16.8. The highest BCUT2D eigenvalue weighted by Gasteiger charge is 2.34. The van der Waals surface area contributed by atoms with E-state index in [1.807, 2.05) is 0 Å². The van der Waals surface area contributed by atoms with Crippen LogP contribution in [0.3, 0.4) is 0 Å². The average molecular weight is 286 g/mol. The summed E-state index contributed by atoms with van der Waals surface area (Å²) >= 11 is 0. The van der Waals surface area contributed by atoms with Crippen LogP contribution in [0.15, 0.2) is 47.2 Å². The number of nitro benzene ring substituents is 1. The Kier molecular flexibility index (Phi) is 2.98. The van der Waals surface area contributed by atoms with E-state index in [1.165, 1.54) is 24.3 Å². The summed E-state index contributed by atoms with van der Waals surface area (Å²) in [6.45, 7) is 1.14. The van der Waals surface area contributed by atoms with Crippen molar-refractivity contribution in [3.63, 3.8) is 0 Å². The van der Waals surface area contributed by atoms with Gasteiger partial charge < -0.3 is 4.90 Å². The SMILES string of the molecule is O=[N+]([O-])C1=C(c2ccc([N+](=O)[O-])cc2)C=CN2CCN=C12. The molecule has 0 atom stereocenters. The van der Waals surface area contributed by atoms with E-state index in [2.05, 4.69) is 4.99 Å². The summed E-state index contributed by atoms with van der Waals surface area (Å²) in [6.07, 6.45) is 3.39. The van der Waals surface area contributed by atoms with Gasteiger partial charge in [-0.05, 0) is 23.8 Å². The molecule has 0 fully saturated rings. The minimum Gasteiger partial charge on any atom is -0.326 e. The molecule has 0 saturated heterocycles. The largest absolute Gasteiger partial charge is 0.326 e. The first-order valence-electron chi connectivity index (χ1n) is 6.21. The summed E-state index contributed by atoms with van der Waals surface area (Å²) in [4.78, 5) is 26.9. The second-order valence-electron chi connectivity index (χ2n) is 4.54. The molecule has 8 heteroatoms. The number of amidine groups is 1. The van der Waals surface area contributed by atoms with Crippen molar-refractivity contribution in [2.75, 3.05) is 13.1 Å². The summed E-state index contributed by atoms with van der Waals surface area (Å²) in [6, 6.07) is 5.67. The number of hydrogen-bond acceptors (Lipinski definition) is 6. The lowest BCUT2D eigenvalue weighted by molar-refractivity contribution is -0.414. The van der Waals surface area contributed by atoms with E-state index in [-0.39, 0.29) is 11.4 Å². The van der Waals surface area contributed by atoms with Gasteiger partial charge in [-0.2, -0.15) is 0 Å². The first-order chi connectivity index (χ1) is 10.1. The van der Waals surface area contributed by atoms with Crippen LogP contribution >= 0.6 is 0 Å². The molecule has 0 aromatic heterocycles. The zero-order valence-corrected chi connectivity index (χ0v) is 10.8. The van der Waals surface area contributed by atoms with Crippen LogP contribution in [0.5, 0.6) is 0 Å². The molecular weight excluding hydrogens is 276 g/mol. The van der Waals surface area contributed by atoms with Gasteiger partial charge in [-0.25, -0.2) is 0 Å². The van der Waals surface area contributed by atoms with Crippen molar-refractivity contribution < 1.29 is 9.85 Å². The summed E-state index contributed by atoms with van der Waals surface area (Å²) in [5.74, 6) is 0.343. The molecule has 0 spiro atoms. The second kappa shape index (κ2) is 4.82. The average Bonchev–Trinajstić information content (AvgIpc) is 2.94. The maximum atomic E-state index is 11.4. The molecule has 8 nitrogen and oxygen atoms in total. The van der Waals surface area contributed by atoms with Crippen molar-refractivity contribution in [1.82, 2.24) is 4.90 Å². The Morgan fingerprint density at radius 3 is 2.43 bits per heavy atom. The minimum atomic E-state index is -0.508. The van der Waals surface area contributed by atoms with Crippen molar-refractivity contribution in [2.45, 2.75) is 0 Å². The molecule has 0 amide bonds. The number of non-ortho nitro benzene ring substituents is 1. The predicted octanol–water partition coefficient (Wildman–Crippen LogP) is 1.82. The predicted molar refractivity (Wildman–Crippen MR) is 75.2 cm³/mol. The Morgan fingerprint density at radius 1 is 1.10 bits per heavy atom. The van der Waals surface area contributed by atoms with E-state index >= 15 is 0 Å². The number of rotatable bonds is 3. The molecule has 2 aliphatic heterocycles. The smallest absolute Gasteiger partial charge is 0.319 e. The topological polar surface area (TPSA) is 102 Å². The molecule has 0 radical (unpaired) electrons. The van der Waals surface area contributed by atoms with Gasteiger partial charge in [-0.15, -0.1) is 0 Å². The fraction of sp³-hybridized carbons (Fsp3) is 0.154. The van der Waals surface area contributed by atoms with Gasteiger partial charge in [0.15, 0.2) is 0 Å². The van der Waals surface area contributed by atoms with Gasteiger partial charge in [0.1, 0.15) is 0 Å². The minimum absolute atomic E-state index is 0.0541. The zero-order chi connectivity index (χ0) is 15.0. The van der Waals surface area contributed by atoms with Crippen LogP contribution in [0.25, 0.3) is 5.57 Å². The molecule has 0 N–H and O–H groups in total. The van der Waals surface area contributed by atoms with Crippen molar-refractivity contribution in [2.24, 2.45) is 4.99 Å². The first kappa shape index (κ1) is 13.0. The number of aliphatic imine (C=N–C) groups is 1. The van der Waals surface area contributed by atoms with E-state index < -0.39 is 9.85 Å². The molecule has 0 bridgehead atoms. The molecule has 0 saturated carbocycles. The number of allylic oxidation sites excluding steroid dienone is 2. The van der Waals surface area contributed by atoms with E-state index in [9.17, 15) is 20.2 Å². The third-order valence-electron chi connectivity index (χ3n) is 3.33. The molecule has 3 rings (SSSR count). The molecule has 106 valence electrons. The number of benzene rings is 1. The van der Waals surface area contributed by atoms with Crippen molar-refractivity contribution in [3.05, 3.63) is 68.0 Å². The van der Waals surface area contributed by atoms with E-state index in [1.54, 1.807) is 17.2 Å². The first-order valence-corrected chi connectivity index (χ1v) is 6.21. The number of fused-ring (bicyclic) bond motifs is 1. The van der Waals surface area contributed by atoms with Gasteiger partial charge in [-0.3, -0.25) is 25.2 Å². The van der Waals surface area contributed by atoms with Gasteiger partial charge in [0.2, 0.25) is 5.84 Å². The maximum Gasteiger partial charge on any atom is 0.319 e. The Morgan fingerprint density at radius 2 is 1.81 bits per heavy atom. The summed E-state index contributed by atoms with van der Waals surface area (Å²) in [7, 11) is 0. The number of nitrogens with zero attached hydrogens (tertiary/aromatic N) is 4. The fourth-order valence-corrected chi connectivity index (χ4v) is 2.36. The van der Waals surface area contributed by atoms with Crippen molar-refractivity contribution >= 4 is 17.1 Å². The molecule has 2 heterocycles. The Balaban J connectivity index is 2.10. The van der Waals surface area contributed by atoms with Crippen LogP contribution < -0.4 is 0 Å². The van der Waals surface area contributed by atoms with Crippen molar-refractivity contribution in [1.29, 1.82) is 0 Å². The molecule has 1 aromatic rings. The Bertz CT molecular complexity index is 718. The third-order valence-corrected chi connectivity index (χ3v) is 3.33. The maximum absolute atomic E-state index is 11.4.